The van der Waals surface area contributed by atoms with E-state index in [0.717, 1.165) is 10.8 Å². The molecule has 0 aliphatic carbocycles. The summed E-state index contributed by atoms with van der Waals surface area (Å²) >= 11 is 0. The monoisotopic (exact) mass is 525 g/mol. The molecule has 0 saturated heterocycles. The van der Waals surface area contributed by atoms with Crippen molar-refractivity contribution in [3.05, 3.63) is 23.5 Å². The van der Waals surface area contributed by atoms with Gasteiger partial charge in [0.2, 0.25) is 12.1 Å². The van der Waals surface area contributed by atoms with Crippen LogP contribution >= 0.6 is 0 Å². The Bertz CT molecular complexity index is 946. The number of nitrogens with zero attached hydrogens (tertiary/aromatic N) is 2. The van der Waals surface area contributed by atoms with Crippen LogP contribution in [0.5, 0.6) is 0 Å². The minimum Gasteiger partial charge on any atom is -0.394 e. The van der Waals surface area contributed by atoms with Gasteiger partial charge < -0.3 is 48.3 Å². The third kappa shape index (κ3) is 7.58. The number of rotatable bonds is 14. The summed E-state index contributed by atoms with van der Waals surface area (Å²) in [6, 6.07) is -1.82. The summed E-state index contributed by atoms with van der Waals surface area (Å²) in [5.74, 6) is -1.47. The molecule has 13 heteroatoms. The van der Waals surface area contributed by atoms with Crippen LogP contribution in [0.4, 0.5) is 5.69 Å². The molecule has 0 spiro atoms. The summed E-state index contributed by atoms with van der Waals surface area (Å²) < 4.78 is 1.07. The van der Waals surface area contributed by atoms with E-state index in [4.69, 9.17) is 22.9 Å². The van der Waals surface area contributed by atoms with Crippen LogP contribution in [0.15, 0.2) is 12.4 Å². The van der Waals surface area contributed by atoms with Gasteiger partial charge in [-0.25, -0.2) is 4.79 Å². The first-order valence-electron chi connectivity index (χ1n) is 12.6. The topological polar surface area (TPSA) is 243 Å². The number of aliphatic hydroxyl groups is 4. The van der Waals surface area contributed by atoms with Crippen LogP contribution in [-0.2, 0) is 4.79 Å². The lowest BCUT2D eigenvalue weighted by molar-refractivity contribution is -0.575. The Morgan fingerprint density at radius 2 is 1.57 bits per heavy atom. The molecule has 1 amide bonds. The molecule has 0 radical (unpaired) electrons. The first-order valence-corrected chi connectivity index (χ1v) is 12.6. The predicted octanol–water partition coefficient (Wildman–Crippen LogP) is -2.81. The maximum absolute atomic E-state index is 13.3. The minimum absolute atomic E-state index is 0.00731. The summed E-state index contributed by atoms with van der Waals surface area (Å²) in [6.45, 7) is 0.0552. The molecule has 2 rings (SSSR count). The van der Waals surface area contributed by atoms with Gasteiger partial charge in [0.05, 0.1) is 23.8 Å². The van der Waals surface area contributed by atoms with Crippen LogP contribution in [0.25, 0.3) is 0 Å². The zero-order valence-corrected chi connectivity index (χ0v) is 21.0. The summed E-state index contributed by atoms with van der Waals surface area (Å²) in [5.41, 5.74) is 23.0. The molecule has 1 aromatic rings. The third-order valence-electron chi connectivity index (χ3n) is 6.53. The van der Waals surface area contributed by atoms with E-state index in [0.29, 0.717) is 51.6 Å². The first-order chi connectivity index (χ1) is 17.6. The SMILES string of the molecule is NCCCC[C@H](N)C(=O)N1CCC(=O)c2c(C(O)C(O)C(O)CO)c[n+](C(=O)[C@@H](N)CCCCN)cc21. The number of fused-ring (bicyclic) bond motifs is 1. The third-order valence-corrected chi connectivity index (χ3v) is 6.53. The van der Waals surface area contributed by atoms with Crippen LogP contribution in [0.1, 0.15) is 71.8 Å². The number of pyridine rings is 1. The van der Waals surface area contributed by atoms with Gasteiger partial charge >= 0.3 is 5.91 Å². The average Bonchev–Trinajstić information content (AvgIpc) is 2.90. The van der Waals surface area contributed by atoms with Gasteiger partial charge in [0.1, 0.15) is 30.0 Å². The Morgan fingerprint density at radius 1 is 0.973 bits per heavy atom. The van der Waals surface area contributed by atoms with Crippen molar-refractivity contribution < 1.29 is 39.4 Å². The van der Waals surface area contributed by atoms with Gasteiger partial charge in [0.15, 0.2) is 12.0 Å². The van der Waals surface area contributed by atoms with Crippen LogP contribution < -0.4 is 32.4 Å². The van der Waals surface area contributed by atoms with Crippen molar-refractivity contribution >= 4 is 23.3 Å². The summed E-state index contributed by atoms with van der Waals surface area (Å²) in [5, 5.41) is 40.4. The van der Waals surface area contributed by atoms with Gasteiger partial charge in [-0.05, 0) is 45.2 Å². The number of hydrogen-bond donors (Lipinski definition) is 8. The summed E-state index contributed by atoms with van der Waals surface area (Å²) in [6.07, 6.45) is 0.208. The number of ketones is 1. The number of hydrogen-bond acceptors (Lipinski definition) is 11. The zero-order valence-electron chi connectivity index (χ0n) is 21.0. The number of anilines is 1. The second-order valence-corrected chi connectivity index (χ2v) is 9.35. The smallest absolute Gasteiger partial charge is 0.394 e. The fraction of sp³-hybridized carbons (Fsp3) is 0.667. The van der Waals surface area contributed by atoms with Crippen molar-refractivity contribution in [2.45, 2.75) is 75.3 Å². The highest BCUT2D eigenvalue weighted by Gasteiger charge is 2.40. The van der Waals surface area contributed by atoms with Crippen molar-refractivity contribution in [3.63, 3.8) is 0 Å². The molecule has 1 aliphatic rings. The molecule has 12 N–H and O–H groups in total. The molecule has 0 saturated carbocycles. The summed E-state index contributed by atoms with van der Waals surface area (Å²) in [4.78, 5) is 40.7. The van der Waals surface area contributed by atoms with E-state index in [-0.39, 0.29) is 29.8 Å². The minimum atomic E-state index is -1.88. The van der Waals surface area contributed by atoms with Gasteiger partial charge in [-0.2, -0.15) is 0 Å². The maximum atomic E-state index is 13.3. The Morgan fingerprint density at radius 3 is 2.14 bits per heavy atom. The van der Waals surface area contributed by atoms with Crippen molar-refractivity contribution in [3.8, 4) is 0 Å². The Hall–Kier alpha value is -2.36. The number of aliphatic hydroxyl groups excluding tert-OH is 4. The average molecular weight is 526 g/mol. The molecule has 0 bridgehead atoms. The van der Waals surface area contributed by atoms with Crippen molar-refractivity contribution in [2.75, 3.05) is 31.1 Å². The quantitative estimate of drug-likeness (QED) is 0.0910. The lowest BCUT2D eigenvalue weighted by atomic mass is 9.90. The lowest BCUT2D eigenvalue weighted by Crippen LogP contribution is -2.55. The normalized spacial score (nSPS) is 17.6. The summed E-state index contributed by atoms with van der Waals surface area (Å²) in [7, 11) is 0. The van der Waals surface area contributed by atoms with E-state index in [1.165, 1.54) is 11.1 Å². The van der Waals surface area contributed by atoms with Gasteiger partial charge in [-0.1, -0.05) is 6.42 Å². The number of carbonyl (C=O) groups is 3. The van der Waals surface area contributed by atoms with Gasteiger partial charge in [-0.15, -0.1) is 4.57 Å². The maximum Gasteiger partial charge on any atom is 0.409 e. The standard InChI is InChI=1S/C24H41N6O7/c25-8-3-1-5-15(27)23(36)29-11-14(21(34)22(35)19(33)13-31)20-17(12-29)30(10-7-18(20)32)24(37)16(28)6-2-4-9-26/h11-12,15-16,19,21-22,31,33-35H,1-10,13,25-28H2/q+1/t15-,16-,19?,21?,22?/m0/s1. The Kier molecular flexibility index (Phi) is 12.1. The number of nitrogens with two attached hydrogens (primary N) is 4. The molecule has 0 fully saturated rings. The number of unbranched alkanes of at least 4 members (excludes halogenated alkanes) is 2. The number of amides is 1. The molecule has 37 heavy (non-hydrogen) atoms. The highest BCUT2D eigenvalue weighted by atomic mass is 16.4. The molecular formula is C24H41N6O7+. The number of aromatic nitrogens is 1. The first kappa shape index (κ1) is 30.9. The predicted molar refractivity (Wildman–Crippen MR) is 134 cm³/mol. The van der Waals surface area contributed by atoms with E-state index in [2.05, 4.69) is 0 Å². The van der Waals surface area contributed by atoms with Gasteiger partial charge in [-0.3, -0.25) is 9.59 Å². The van der Waals surface area contributed by atoms with Crippen LogP contribution in [0.2, 0.25) is 0 Å². The molecular weight excluding hydrogens is 484 g/mol. The van der Waals surface area contributed by atoms with E-state index in [1.54, 1.807) is 0 Å². The molecule has 13 nitrogen and oxygen atoms in total. The highest BCUT2D eigenvalue weighted by Crippen LogP contribution is 2.33. The van der Waals surface area contributed by atoms with E-state index < -0.39 is 54.6 Å². The number of carbonyl (C=O) groups excluding carboxylic acids is 3. The van der Waals surface area contributed by atoms with E-state index in [1.807, 2.05) is 0 Å². The molecule has 3 unspecified atom stereocenters. The Balaban J connectivity index is 2.58. The molecule has 1 aromatic heterocycles. The molecule has 2 heterocycles. The van der Waals surface area contributed by atoms with Crippen LogP contribution in [0, 0.1) is 0 Å². The molecule has 0 aromatic carbocycles. The van der Waals surface area contributed by atoms with Gasteiger partial charge in [0.25, 0.3) is 0 Å². The van der Waals surface area contributed by atoms with Crippen molar-refractivity contribution in [1.82, 2.24) is 0 Å². The van der Waals surface area contributed by atoms with Crippen molar-refractivity contribution in [1.29, 1.82) is 0 Å². The van der Waals surface area contributed by atoms with Crippen LogP contribution in [-0.4, -0.2) is 88.6 Å². The Labute approximate surface area is 216 Å². The van der Waals surface area contributed by atoms with Crippen molar-refractivity contribution in [2.24, 2.45) is 22.9 Å². The van der Waals surface area contributed by atoms with E-state index in [9.17, 15) is 34.8 Å². The second-order valence-electron chi connectivity index (χ2n) is 9.35. The largest absolute Gasteiger partial charge is 0.409 e. The highest BCUT2D eigenvalue weighted by molar-refractivity contribution is 6.10. The van der Waals surface area contributed by atoms with E-state index >= 15 is 0 Å². The lowest BCUT2D eigenvalue weighted by Gasteiger charge is -2.32. The number of Topliss-reactive ketones (excluding diaryl/α,β-unsaturated/α-hetero) is 1. The molecule has 208 valence electrons. The zero-order chi connectivity index (χ0) is 27.7. The fourth-order valence-corrected chi connectivity index (χ4v) is 4.30. The van der Waals surface area contributed by atoms with Crippen LogP contribution in [0.3, 0.4) is 0 Å². The fourth-order valence-electron chi connectivity index (χ4n) is 4.30. The van der Waals surface area contributed by atoms with Gasteiger partial charge in [0, 0.05) is 13.0 Å². The molecule has 1 aliphatic heterocycles. The molecule has 5 atom stereocenters. The second kappa shape index (κ2) is 14.5.